The van der Waals surface area contributed by atoms with Gasteiger partial charge in [0, 0.05) is 20.1 Å². The summed E-state index contributed by atoms with van der Waals surface area (Å²) in [7, 11) is 1.56. The zero-order chi connectivity index (χ0) is 25.6. The molecule has 6 nitrogen and oxygen atoms in total. The Morgan fingerprint density at radius 2 is 2.06 bits per heavy atom. The third kappa shape index (κ3) is 18.8. The molecule has 4 N–H and O–H groups in total. The number of carboxylic acids is 1. The molecular weight excluding hydrogens is 425 g/mol. The predicted molar refractivity (Wildman–Crippen MR) is 133 cm³/mol. The highest BCUT2D eigenvalue weighted by Gasteiger charge is 2.18. The Kier molecular flexibility index (Phi) is 21.2. The van der Waals surface area contributed by atoms with Gasteiger partial charge in [-0.3, -0.25) is 4.79 Å². The highest BCUT2D eigenvalue weighted by molar-refractivity contribution is 5.67. The number of methoxy groups -OCH3 is 1. The first-order chi connectivity index (χ1) is 15.7. The number of halogens is 1. The maximum atomic E-state index is 11.8. The van der Waals surface area contributed by atoms with Crippen LogP contribution >= 0.6 is 0 Å². The average Bonchev–Trinajstić information content (AvgIpc) is 2.79. The predicted octanol–water partition coefficient (Wildman–Crippen LogP) is 5.00. The van der Waals surface area contributed by atoms with Crippen LogP contribution in [0.1, 0.15) is 51.7 Å². The second-order valence-electron chi connectivity index (χ2n) is 7.03. The molecule has 0 radical (unpaired) electrons. The van der Waals surface area contributed by atoms with E-state index in [-0.39, 0.29) is 24.5 Å². The van der Waals surface area contributed by atoms with Crippen molar-refractivity contribution in [3.8, 4) is 5.75 Å². The summed E-state index contributed by atoms with van der Waals surface area (Å²) in [6.45, 7) is 11.5. The molecule has 188 valence electrons. The van der Waals surface area contributed by atoms with Crippen molar-refractivity contribution in [2.75, 3.05) is 20.3 Å². The van der Waals surface area contributed by atoms with Crippen molar-refractivity contribution >= 4 is 5.97 Å². The maximum Gasteiger partial charge on any atom is 0.303 e. The van der Waals surface area contributed by atoms with E-state index in [0.29, 0.717) is 19.6 Å². The number of aryl methyl sites for hydroxylation is 2. The zero-order valence-electron chi connectivity index (χ0n) is 20.7. The number of hydrogen-bond acceptors (Lipinski definition) is 5. The van der Waals surface area contributed by atoms with E-state index in [1.54, 1.807) is 32.3 Å². The third-order valence-electron chi connectivity index (χ3n) is 4.03. The summed E-state index contributed by atoms with van der Waals surface area (Å²) in [5, 5.41) is 17.1. The Balaban J connectivity index is 0. The van der Waals surface area contributed by atoms with Crippen molar-refractivity contribution in [1.29, 1.82) is 0 Å². The van der Waals surface area contributed by atoms with E-state index >= 15 is 0 Å². The Bertz CT molecular complexity index is 713. The molecule has 1 aromatic rings. The highest BCUT2D eigenvalue weighted by atomic mass is 19.1. The van der Waals surface area contributed by atoms with Gasteiger partial charge in [0.05, 0.1) is 18.5 Å². The number of allylic oxidation sites excluding steroid dienone is 5. The lowest BCUT2D eigenvalue weighted by Crippen LogP contribution is -2.30. The van der Waals surface area contributed by atoms with Gasteiger partial charge in [-0.25, -0.2) is 4.39 Å². The van der Waals surface area contributed by atoms with Crippen molar-refractivity contribution in [2.45, 2.75) is 65.6 Å². The molecule has 1 aromatic carbocycles. The summed E-state index contributed by atoms with van der Waals surface area (Å²) >= 11 is 0. The summed E-state index contributed by atoms with van der Waals surface area (Å²) < 4.78 is 22.1. The smallest absolute Gasteiger partial charge is 0.303 e. The summed E-state index contributed by atoms with van der Waals surface area (Å²) in [6, 6.07) is 5.90. The molecule has 2 rings (SSSR count). The highest BCUT2D eigenvalue weighted by Crippen LogP contribution is 2.28. The van der Waals surface area contributed by atoms with Gasteiger partial charge >= 0.3 is 5.97 Å². The van der Waals surface area contributed by atoms with Gasteiger partial charge in [-0.1, -0.05) is 50.8 Å². The van der Waals surface area contributed by atoms with Gasteiger partial charge in [0.25, 0.3) is 0 Å². The number of carboxylic acid groups (broad SMARTS) is 1. The van der Waals surface area contributed by atoms with E-state index < -0.39 is 5.97 Å². The molecule has 2 unspecified atom stereocenters. The first-order valence-electron chi connectivity index (χ1n) is 11.2. The standard InChI is InChI=1S/C13H17NO3.C7H9F.C4H10O2.C2H6/c14-8-11-4-3-10-7-9(2-6-13(15)16)1-5-12(10)17-11;1-3-4-5-6-7(2)8;1-4(5)3-6-2;1-2/h1,5,7,11H,2-4,6,8,14H2,(H,15,16);3-6H,1H2,2H3;4-5H,3H2,1-2H3;1-2H3/b;5-4-,7-6+;;. The lowest BCUT2D eigenvalue weighted by molar-refractivity contribution is -0.136. The van der Waals surface area contributed by atoms with Crippen LogP contribution < -0.4 is 10.5 Å². The van der Waals surface area contributed by atoms with Crippen molar-refractivity contribution in [3.05, 3.63) is 66.0 Å². The summed E-state index contributed by atoms with van der Waals surface area (Å²) in [6.07, 6.45) is 8.67. The van der Waals surface area contributed by atoms with Crippen LogP contribution in [0.5, 0.6) is 5.75 Å². The largest absolute Gasteiger partial charge is 0.489 e. The fourth-order valence-electron chi connectivity index (χ4n) is 2.58. The fourth-order valence-corrected chi connectivity index (χ4v) is 2.58. The normalized spacial score (nSPS) is 15.3. The Morgan fingerprint density at radius 3 is 2.52 bits per heavy atom. The van der Waals surface area contributed by atoms with E-state index in [1.165, 1.54) is 13.0 Å². The number of ether oxygens (including phenoxy) is 2. The molecule has 0 aromatic heterocycles. The van der Waals surface area contributed by atoms with Crippen molar-refractivity contribution in [1.82, 2.24) is 0 Å². The van der Waals surface area contributed by atoms with Crippen LogP contribution in [0.4, 0.5) is 4.39 Å². The number of aliphatic hydroxyl groups is 1. The van der Waals surface area contributed by atoms with E-state index in [0.717, 1.165) is 29.7 Å². The molecule has 7 heteroatoms. The Hall–Kier alpha value is -2.48. The van der Waals surface area contributed by atoms with E-state index in [4.69, 9.17) is 20.7 Å². The number of benzene rings is 1. The fraction of sp³-hybridized carbons (Fsp3) is 0.500. The van der Waals surface area contributed by atoms with Crippen LogP contribution in [-0.2, 0) is 22.4 Å². The number of rotatable bonds is 8. The number of aliphatic carboxylic acids is 1. The van der Waals surface area contributed by atoms with Gasteiger partial charge in [-0.2, -0.15) is 0 Å². The minimum atomic E-state index is -0.762. The van der Waals surface area contributed by atoms with Crippen LogP contribution in [0.15, 0.2) is 54.9 Å². The van der Waals surface area contributed by atoms with Gasteiger partial charge in [0.15, 0.2) is 0 Å². The van der Waals surface area contributed by atoms with Crippen molar-refractivity contribution in [3.63, 3.8) is 0 Å². The number of aliphatic hydroxyl groups excluding tert-OH is 1. The molecule has 0 amide bonds. The van der Waals surface area contributed by atoms with Gasteiger partial charge in [0.2, 0.25) is 0 Å². The Labute approximate surface area is 198 Å². The molecule has 1 heterocycles. The van der Waals surface area contributed by atoms with E-state index in [2.05, 4.69) is 11.3 Å². The minimum absolute atomic E-state index is 0.118. The maximum absolute atomic E-state index is 11.8. The molecule has 1 aliphatic rings. The first kappa shape index (κ1) is 32.7. The summed E-state index contributed by atoms with van der Waals surface area (Å²) in [4.78, 5) is 10.5. The summed E-state index contributed by atoms with van der Waals surface area (Å²) in [5.41, 5.74) is 7.80. The molecule has 1 aliphatic heterocycles. The number of hydrogen-bond donors (Lipinski definition) is 3. The van der Waals surface area contributed by atoms with Crippen LogP contribution in [0.3, 0.4) is 0 Å². The quantitative estimate of drug-likeness (QED) is 0.465. The SMILES string of the molecule is C=C/C=C\C=C(/C)F.CC.COCC(C)O.NCC1CCc2cc(CCC(=O)O)ccc2O1. The van der Waals surface area contributed by atoms with Crippen LogP contribution in [-0.4, -0.2) is 48.7 Å². The van der Waals surface area contributed by atoms with Crippen LogP contribution in [0.2, 0.25) is 0 Å². The zero-order valence-corrected chi connectivity index (χ0v) is 20.7. The molecule has 0 fully saturated rings. The second kappa shape index (κ2) is 21.4. The molecular formula is C26H42FNO5. The molecule has 2 atom stereocenters. The molecule has 0 aliphatic carbocycles. The van der Waals surface area contributed by atoms with Gasteiger partial charge < -0.3 is 25.4 Å². The Morgan fingerprint density at radius 1 is 1.39 bits per heavy atom. The third-order valence-corrected chi connectivity index (χ3v) is 4.03. The van der Waals surface area contributed by atoms with Crippen LogP contribution in [0, 0.1) is 0 Å². The van der Waals surface area contributed by atoms with Crippen LogP contribution in [0.25, 0.3) is 0 Å². The van der Waals surface area contributed by atoms with Gasteiger partial charge in [-0.05, 0) is 56.4 Å². The van der Waals surface area contributed by atoms with E-state index in [9.17, 15) is 9.18 Å². The molecule has 0 saturated heterocycles. The average molecular weight is 468 g/mol. The summed E-state index contributed by atoms with van der Waals surface area (Å²) in [5.74, 6) is -0.0592. The van der Waals surface area contributed by atoms with Crippen molar-refractivity contribution in [2.24, 2.45) is 5.73 Å². The van der Waals surface area contributed by atoms with E-state index in [1.807, 2.05) is 32.0 Å². The van der Waals surface area contributed by atoms with Gasteiger partial charge in [-0.15, -0.1) is 0 Å². The number of nitrogens with two attached hydrogens (primary N) is 1. The lowest BCUT2D eigenvalue weighted by Gasteiger charge is -2.25. The molecule has 0 saturated carbocycles. The lowest BCUT2D eigenvalue weighted by atomic mass is 9.98. The number of carbonyl (C=O) groups is 1. The molecule has 0 bridgehead atoms. The molecule has 33 heavy (non-hydrogen) atoms. The number of fused-ring (bicyclic) bond motifs is 1. The topological polar surface area (TPSA) is 102 Å². The van der Waals surface area contributed by atoms with Gasteiger partial charge in [0.1, 0.15) is 11.9 Å². The first-order valence-corrected chi connectivity index (χ1v) is 11.2. The van der Waals surface area contributed by atoms with Crippen molar-refractivity contribution < 1.29 is 28.9 Å². The minimum Gasteiger partial charge on any atom is -0.489 e. The monoisotopic (exact) mass is 467 g/mol. The molecule has 0 spiro atoms. The second-order valence-corrected chi connectivity index (χ2v) is 7.03.